The molecule has 0 aliphatic heterocycles. The first-order valence-electron chi connectivity index (χ1n) is 7.64. The van der Waals surface area contributed by atoms with Crippen LogP contribution in [0.25, 0.3) is 22.1 Å². The van der Waals surface area contributed by atoms with Crippen molar-refractivity contribution in [2.24, 2.45) is 0 Å². The van der Waals surface area contributed by atoms with Gasteiger partial charge in [0.15, 0.2) is 16.0 Å². The van der Waals surface area contributed by atoms with Crippen LogP contribution in [-0.4, -0.2) is 29.8 Å². The molecule has 27 heavy (non-hydrogen) atoms. The molecule has 0 radical (unpaired) electrons. The molecule has 4 rings (SSSR count). The highest BCUT2D eigenvalue weighted by Crippen LogP contribution is 2.41. The molecule has 0 unspecified atom stereocenters. The molecule has 136 valence electrons. The number of H-pyrrole nitrogens is 3. The summed E-state index contributed by atoms with van der Waals surface area (Å²) in [4.78, 5) is 34.6. The van der Waals surface area contributed by atoms with Gasteiger partial charge in [-0.1, -0.05) is 0 Å². The lowest BCUT2D eigenvalue weighted by Gasteiger charge is -2.08. The van der Waals surface area contributed by atoms with E-state index >= 15 is 0 Å². The number of aromatic amines is 3. The maximum atomic E-state index is 11.7. The first-order chi connectivity index (χ1) is 12.8. The van der Waals surface area contributed by atoms with E-state index < -0.39 is 21.2 Å². The van der Waals surface area contributed by atoms with Crippen molar-refractivity contribution in [3.8, 4) is 0 Å². The molecule has 2 aromatic heterocycles. The number of nitro groups is 2. The van der Waals surface area contributed by atoms with Gasteiger partial charge in [-0.2, -0.15) is 0 Å². The van der Waals surface area contributed by atoms with Crippen LogP contribution in [0.4, 0.5) is 22.7 Å². The fourth-order valence-corrected chi connectivity index (χ4v) is 3.16. The minimum absolute atomic E-state index is 0.0488. The van der Waals surface area contributed by atoms with Crippen LogP contribution in [0.1, 0.15) is 5.82 Å². The van der Waals surface area contributed by atoms with E-state index in [1.165, 1.54) is 6.07 Å². The van der Waals surface area contributed by atoms with Crippen LogP contribution in [0.5, 0.6) is 0 Å². The Kier molecular flexibility index (Phi) is 3.63. The minimum atomic E-state index is -0.680. The topological polar surface area (TPSA) is 159 Å². The zero-order chi connectivity index (χ0) is 19.3. The van der Waals surface area contributed by atoms with Gasteiger partial charge in [0.05, 0.1) is 26.4 Å². The number of imidazole rings is 2. The van der Waals surface area contributed by atoms with Crippen LogP contribution in [0.2, 0.25) is 0 Å². The van der Waals surface area contributed by atoms with Crippen LogP contribution < -0.4 is 5.32 Å². The van der Waals surface area contributed by atoms with Gasteiger partial charge in [0.1, 0.15) is 5.82 Å². The Balaban J connectivity index is 1.95. The van der Waals surface area contributed by atoms with Crippen molar-refractivity contribution >= 4 is 57.0 Å². The van der Waals surface area contributed by atoms with E-state index in [-0.39, 0.29) is 16.7 Å². The number of nitrogens with one attached hydrogen (secondary N) is 4. The lowest BCUT2D eigenvalue weighted by molar-refractivity contribution is -0.391. The van der Waals surface area contributed by atoms with Crippen LogP contribution in [0, 0.1) is 31.9 Å². The Bertz CT molecular complexity index is 1300. The third kappa shape index (κ3) is 2.77. The highest BCUT2D eigenvalue weighted by atomic mass is 32.1. The fraction of sp³-hybridized carbons (Fsp3) is 0.0667. The first kappa shape index (κ1) is 16.7. The van der Waals surface area contributed by atoms with E-state index in [4.69, 9.17) is 12.2 Å². The number of aryl methyl sites for hydroxylation is 1. The van der Waals surface area contributed by atoms with Gasteiger partial charge in [-0.05, 0) is 37.3 Å². The first-order valence-corrected chi connectivity index (χ1v) is 8.05. The van der Waals surface area contributed by atoms with Gasteiger partial charge in [-0.3, -0.25) is 20.2 Å². The molecule has 4 aromatic rings. The summed E-state index contributed by atoms with van der Waals surface area (Å²) in [5.74, 6) is 0.417. The van der Waals surface area contributed by atoms with Crippen molar-refractivity contribution in [3.05, 3.63) is 55.1 Å². The van der Waals surface area contributed by atoms with E-state index in [1.54, 1.807) is 25.1 Å². The maximum Gasteiger partial charge on any atom is 0.327 e. The Labute approximate surface area is 154 Å². The van der Waals surface area contributed by atoms with Gasteiger partial charge in [-0.15, -0.1) is 0 Å². The number of rotatable bonds is 4. The number of nitro benzene ring substituents is 2. The summed E-state index contributed by atoms with van der Waals surface area (Å²) in [6.07, 6.45) is 0. The van der Waals surface area contributed by atoms with E-state index in [2.05, 4.69) is 25.3 Å². The highest BCUT2D eigenvalue weighted by molar-refractivity contribution is 7.71. The molecular weight excluding hydrogens is 374 g/mol. The second-order valence-electron chi connectivity index (χ2n) is 5.82. The van der Waals surface area contributed by atoms with E-state index in [0.29, 0.717) is 21.8 Å². The SMILES string of the molecule is Cc1nc2c([N+](=O)[O-])c(Nc3ccc4[nH]c(=S)[nH]c4c3)c([N+](=O)[O-])cc2[nH]1. The molecule has 2 aromatic carbocycles. The molecule has 0 saturated carbocycles. The number of benzene rings is 2. The summed E-state index contributed by atoms with van der Waals surface area (Å²) in [6.45, 7) is 1.62. The second kappa shape index (κ2) is 5.88. The van der Waals surface area contributed by atoms with Crippen molar-refractivity contribution in [1.29, 1.82) is 0 Å². The molecule has 0 amide bonds. The largest absolute Gasteiger partial charge is 0.344 e. The molecule has 4 N–H and O–H groups in total. The van der Waals surface area contributed by atoms with Crippen LogP contribution >= 0.6 is 12.2 Å². The molecule has 0 aliphatic carbocycles. The average molecular weight is 385 g/mol. The predicted molar refractivity (Wildman–Crippen MR) is 101 cm³/mol. The number of nitrogens with zero attached hydrogens (tertiary/aromatic N) is 3. The predicted octanol–water partition coefficient (Wildman–Crippen LogP) is 3.97. The summed E-state index contributed by atoms with van der Waals surface area (Å²) in [7, 11) is 0. The number of anilines is 2. The molecule has 0 atom stereocenters. The molecule has 2 heterocycles. The molecule has 0 saturated heterocycles. The maximum absolute atomic E-state index is 11.7. The number of hydrogen-bond donors (Lipinski definition) is 4. The van der Waals surface area contributed by atoms with E-state index in [1.807, 2.05) is 0 Å². The Morgan fingerprint density at radius 2 is 1.78 bits per heavy atom. The summed E-state index contributed by atoms with van der Waals surface area (Å²) in [5.41, 5.74) is 0.961. The summed E-state index contributed by atoms with van der Waals surface area (Å²) >= 11 is 5.03. The van der Waals surface area contributed by atoms with Gasteiger partial charge in [0.25, 0.3) is 0 Å². The molecule has 0 fully saturated rings. The van der Waals surface area contributed by atoms with Gasteiger partial charge < -0.3 is 20.3 Å². The van der Waals surface area contributed by atoms with Gasteiger partial charge in [0, 0.05) is 11.8 Å². The molecule has 0 bridgehead atoms. The van der Waals surface area contributed by atoms with Crippen molar-refractivity contribution in [1.82, 2.24) is 19.9 Å². The third-order valence-corrected chi connectivity index (χ3v) is 4.22. The third-order valence-electron chi connectivity index (χ3n) is 4.01. The Morgan fingerprint density at radius 3 is 2.48 bits per heavy atom. The van der Waals surface area contributed by atoms with Crippen molar-refractivity contribution in [2.45, 2.75) is 6.92 Å². The molecular formula is C15H11N7O4S. The van der Waals surface area contributed by atoms with E-state index in [9.17, 15) is 20.2 Å². The quantitative estimate of drug-likeness (QED) is 0.235. The van der Waals surface area contributed by atoms with Crippen LogP contribution in [0.3, 0.4) is 0 Å². The van der Waals surface area contributed by atoms with Crippen LogP contribution in [0.15, 0.2) is 24.3 Å². The molecule has 12 heteroatoms. The molecule has 11 nitrogen and oxygen atoms in total. The van der Waals surface area contributed by atoms with E-state index in [0.717, 1.165) is 5.52 Å². The van der Waals surface area contributed by atoms with Crippen molar-refractivity contribution in [3.63, 3.8) is 0 Å². The fourth-order valence-electron chi connectivity index (χ4n) is 2.94. The van der Waals surface area contributed by atoms with Crippen molar-refractivity contribution < 1.29 is 9.85 Å². The summed E-state index contributed by atoms with van der Waals surface area (Å²) in [5, 5.41) is 26.0. The Hall–Kier alpha value is -3.80. The number of hydrogen-bond acceptors (Lipinski definition) is 7. The molecule has 0 spiro atoms. The van der Waals surface area contributed by atoms with Crippen molar-refractivity contribution in [2.75, 3.05) is 5.32 Å². The number of aromatic nitrogens is 4. The lowest BCUT2D eigenvalue weighted by atomic mass is 10.1. The van der Waals surface area contributed by atoms with Gasteiger partial charge in [0.2, 0.25) is 0 Å². The average Bonchev–Trinajstić information content (AvgIpc) is 3.13. The van der Waals surface area contributed by atoms with Crippen LogP contribution in [-0.2, 0) is 0 Å². The Morgan fingerprint density at radius 1 is 1.04 bits per heavy atom. The van der Waals surface area contributed by atoms with Gasteiger partial charge >= 0.3 is 11.4 Å². The minimum Gasteiger partial charge on any atom is -0.344 e. The normalized spacial score (nSPS) is 11.1. The lowest BCUT2D eigenvalue weighted by Crippen LogP contribution is -2.03. The second-order valence-corrected chi connectivity index (χ2v) is 6.22. The number of fused-ring (bicyclic) bond motifs is 2. The molecule has 0 aliphatic rings. The summed E-state index contributed by atoms with van der Waals surface area (Å²) in [6, 6.07) is 6.22. The zero-order valence-corrected chi connectivity index (χ0v) is 14.5. The monoisotopic (exact) mass is 385 g/mol. The van der Waals surface area contributed by atoms with Gasteiger partial charge in [-0.25, -0.2) is 4.98 Å². The standard InChI is InChI=1S/C15H11N7O4S/c1-6-16-10-5-11(21(23)24)13(14(22(25)26)12(10)17-6)18-7-2-3-8-9(4-7)20-15(27)19-8/h2-5,18H,1H3,(H,16,17)(H2,19,20,27). The summed E-state index contributed by atoms with van der Waals surface area (Å²) < 4.78 is 0.424. The zero-order valence-electron chi connectivity index (χ0n) is 13.7. The highest BCUT2D eigenvalue weighted by Gasteiger charge is 2.31. The smallest absolute Gasteiger partial charge is 0.327 e.